The Bertz CT molecular complexity index is 158. The summed E-state index contributed by atoms with van der Waals surface area (Å²) in [5.41, 5.74) is 0. The standard InChI is InChI=1S/C11H19NO/c12-8-2-1-3-9-13-10-7-11-5-4-6-11/h11H,1-7,9-10H2. The molecule has 0 atom stereocenters. The van der Waals surface area contributed by atoms with E-state index < -0.39 is 0 Å². The Morgan fingerprint density at radius 2 is 2.08 bits per heavy atom. The van der Waals surface area contributed by atoms with E-state index >= 15 is 0 Å². The van der Waals surface area contributed by atoms with Gasteiger partial charge in [0, 0.05) is 19.6 Å². The van der Waals surface area contributed by atoms with Gasteiger partial charge in [-0.25, -0.2) is 0 Å². The molecule has 13 heavy (non-hydrogen) atoms. The SMILES string of the molecule is N#CCCCCOCCC1CCC1. The van der Waals surface area contributed by atoms with E-state index in [1.807, 2.05) is 0 Å². The molecule has 1 rings (SSSR count). The molecule has 1 saturated carbocycles. The summed E-state index contributed by atoms with van der Waals surface area (Å²) in [5, 5.41) is 8.29. The molecule has 0 aromatic heterocycles. The molecule has 0 N–H and O–H groups in total. The van der Waals surface area contributed by atoms with Crippen LogP contribution in [0.4, 0.5) is 0 Å². The van der Waals surface area contributed by atoms with Gasteiger partial charge in [0.05, 0.1) is 6.07 Å². The minimum Gasteiger partial charge on any atom is -0.381 e. The molecule has 1 fully saturated rings. The second kappa shape index (κ2) is 6.91. The topological polar surface area (TPSA) is 33.0 Å². The van der Waals surface area contributed by atoms with Crippen LogP contribution < -0.4 is 0 Å². The first-order valence-corrected chi connectivity index (χ1v) is 5.38. The van der Waals surface area contributed by atoms with Crippen LogP contribution in [-0.2, 0) is 4.74 Å². The van der Waals surface area contributed by atoms with Crippen molar-refractivity contribution in [2.75, 3.05) is 13.2 Å². The molecule has 1 aliphatic rings. The van der Waals surface area contributed by atoms with E-state index in [9.17, 15) is 0 Å². The highest BCUT2D eigenvalue weighted by Gasteiger charge is 2.16. The smallest absolute Gasteiger partial charge is 0.0621 e. The Morgan fingerprint density at radius 1 is 1.23 bits per heavy atom. The molecule has 0 saturated heterocycles. The van der Waals surface area contributed by atoms with E-state index in [0.717, 1.165) is 32.0 Å². The van der Waals surface area contributed by atoms with E-state index in [-0.39, 0.29) is 0 Å². The number of nitrogens with zero attached hydrogens (tertiary/aromatic N) is 1. The monoisotopic (exact) mass is 181 g/mol. The molecule has 0 spiro atoms. The van der Waals surface area contributed by atoms with Crippen molar-refractivity contribution in [3.05, 3.63) is 0 Å². The fourth-order valence-electron chi connectivity index (χ4n) is 1.54. The number of hydrogen-bond donors (Lipinski definition) is 0. The molecule has 0 aliphatic heterocycles. The van der Waals surface area contributed by atoms with Gasteiger partial charge in [-0.1, -0.05) is 19.3 Å². The van der Waals surface area contributed by atoms with E-state index in [4.69, 9.17) is 10.00 Å². The van der Waals surface area contributed by atoms with E-state index in [1.54, 1.807) is 0 Å². The van der Waals surface area contributed by atoms with Crippen LogP contribution in [0, 0.1) is 17.2 Å². The summed E-state index contributed by atoms with van der Waals surface area (Å²) in [6.07, 6.45) is 8.20. The van der Waals surface area contributed by atoms with Crippen molar-refractivity contribution in [1.82, 2.24) is 0 Å². The molecule has 2 heteroatoms. The van der Waals surface area contributed by atoms with Gasteiger partial charge in [-0.05, 0) is 25.2 Å². The zero-order valence-corrected chi connectivity index (χ0v) is 8.30. The summed E-state index contributed by atoms with van der Waals surface area (Å²) < 4.78 is 5.48. The summed E-state index contributed by atoms with van der Waals surface area (Å²) in [6, 6.07) is 2.14. The molecule has 2 nitrogen and oxygen atoms in total. The average molecular weight is 181 g/mol. The van der Waals surface area contributed by atoms with Gasteiger partial charge in [0.15, 0.2) is 0 Å². The molecule has 1 aliphatic carbocycles. The third kappa shape index (κ3) is 4.90. The third-order valence-corrected chi connectivity index (χ3v) is 2.72. The van der Waals surface area contributed by atoms with E-state index in [0.29, 0.717) is 6.42 Å². The lowest BCUT2D eigenvalue weighted by atomic mass is 9.83. The first kappa shape index (κ1) is 10.5. The largest absolute Gasteiger partial charge is 0.381 e. The molecule has 0 amide bonds. The van der Waals surface area contributed by atoms with Gasteiger partial charge in [-0.3, -0.25) is 0 Å². The normalized spacial score (nSPS) is 16.5. The van der Waals surface area contributed by atoms with Gasteiger partial charge in [0.1, 0.15) is 0 Å². The van der Waals surface area contributed by atoms with Crippen LogP contribution in [0.1, 0.15) is 44.9 Å². The molecule has 0 aromatic carbocycles. The first-order valence-electron chi connectivity index (χ1n) is 5.38. The zero-order chi connectivity index (χ0) is 9.36. The number of unbranched alkanes of at least 4 members (excludes halogenated alkanes) is 2. The second-order valence-electron chi connectivity index (χ2n) is 3.81. The van der Waals surface area contributed by atoms with Crippen molar-refractivity contribution in [2.45, 2.75) is 44.9 Å². The Hall–Kier alpha value is -0.550. The highest BCUT2D eigenvalue weighted by atomic mass is 16.5. The minimum absolute atomic E-state index is 0.673. The van der Waals surface area contributed by atoms with Crippen LogP contribution in [0.2, 0.25) is 0 Å². The molecule has 0 bridgehead atoms. The van der Waals surface area contributed by atoms with Gasteiger partial charge in [-0.15, -0.1) is 0 Å². The van der Waals surface area contributed by atoms with Crippen molar-refractivity contribution in [1.29, 1.82) is 5.26 Å². The van der Waals surface area contributed by atoms with Crippen molar-refractivity contribution < 1.29 is 4.74 Å². The lowest BCUT2D eigenvalue weighted by molar-refractivity contribution is 0.104. The predicted octanol–water partition coefficient (Wildman–Crippen LogP) is 2.89. The number of hydrogen-bond acceptors (Lipinski definition) is 2. The van der Waals surface area contributed by atoms with Gasteiger partial charge >= 0.3 is 0 Å². The maximum Gasteiger partial charge on any atom is 0.0621 e. The molecule has 0 heterocycles. The summed E-state index contributed by atoms with van der Waals surface area (Å²) >= 11 is 0. The maximum absolute atomic E-state index is 8.29. The van der Waals surface area contributed by atoms with Crippen LogP contribution in [0.3, 0.4) is 0 Å². The third-order valence-electron chi connectivity index (χ3n) is 2.72. The fourth-order valence-corrected chi connectivity index (χ4v) is 1.54. The zero-order valence-electron chi connectivity index (χ0n) is 8.30. The van der Waals surface area contributed by atoms with Crippen LogP contribution in [0.25, 0.3) is 0 Å². The molecule has 74 valence electrons. The summed E-state index contributed by atoms with van der Waals surface area (Å²) in [7, 11) is 0. The summed E-state index contributed by atoms with van der Waals surface area (Å²) in [4.78, 5) is 0. The van der Waals surface area contributed by atoms with Gasteiger partial charge in [0.25, 0.3) is 0 Å². The molecular weight excluding hydrogens is 162 g/mol. The quantitative estimate of drug-likeness (QED) is 0.566. The highest BCUT2D eigenvalue weighted by molar-refractivity contribution is 4.69. The van der Waals surface area contributed by atoms with E-state index in [2.05, 4.69) is 6.07 Å². The lowest BCUT2D eigenvalue weighted by Crippen LogP contribution is -2.13. The van der Waals surface area contributed by atoms with Gasteiger partial charge in [-0.2, -0.15) is 5.26 Å². The van der Waals surface area contributed by atoms with Crippen molar-refractivity contribution in [2.24, 2.45) is 5.92 Å². The van der Waals surface area contributed by atoms with Crippen LogP contribution in [-0.4, -0.2) is 13.2 Å². The maximum atomic E-state index is 8.29. The first-order chi connectivity index (χ1) is 6.43. The lowest BCUT2D eigenvalue weighted by Gasteiger charge is -2.24. The number of nitriles is 1. The molecule has 0 radical (unpaired) electrons. The Labute approximate surface area is 80.9 Å². The van der Waals surface area contributed by atoms with Crippen molar-refractivity contribution in [3.8, 4) is 6.07 Å². The molecule has 0 aromatic rings. The summed E-state index contributed by atoms with van der Waals surface area (Å²) in [6.45, 7) is 1.77. The van der Waals surface area contributed by atoms with Crippen molar-refractivity contribution >= 4 is 0 Å². The fraction of sp³-hybridized carbons (Fsp3) is 0.909. The second-order valence-corrected chi connectivity index (χ2v) is 3.81. The molecule has 0 unspecified atom stereocenters. The van der Waals surface area contributed by atoms with E-state index in [1.165, 1.54) is 25.7 Å². The van der Waals surface area contributed by atoms with Gasteiger partial charge < -0.3 is 4.74 Å². The summed E-state index contributed by atoms with van der Waals surface area (Å²) in [5.74, 6) is 0.958. The Morgan fingerprint density at radius 3 is 2.69 bits per heavy atom. The van der Waals surface area contributed by atoms with Crippen molar-refractivity contribution in [3.63, 3.8) is 0 Å². The Balaban J connectivity index is 1.71. The highest BCUT2D eigenvalue weighted by Crippen LogP contribution is 2.29. The Kier molecular flexibility index (Phi) is 5.60. The van der Waals surface area contributed by atoms with Gasteiger partial charge in [0.2, 0.25) is 0 Å². The minimum atomic E-state index is 0.673. The number of ether oxygens (including phenoxy) is 1. The average Bonchev–Trinajstić information content (AvgIpc) is 2.07. The number of rotatable bonds is 7. The molecular formula is C11H19NO. The predicted molar refractivity (Wildman–Crippen MR) is 52.2 cm³/mol. The van der Waals surface area contributed by atoms with Crippen LogP contribution in [0.15, 0.2) is 0 Å². The van der Waals surface area contributed by atoms with Crippen LogP contribution >= 0.6 is 0 Å². The van der Waals surface area contributed by atoms with Crippen LogP contribution in [0.5, 0.6) is 0 Å².